The van der Waals surface area contributed by atoms with Gasteiger partial charge in [0.05, 0.1) is 23.7 Å². The average molecular weight is 387 g/mol. The van der Waals surface area contributed by atoms with Crippen LogP contribution in [-0.2, 0) is 23.8 Å². The molecule has 1 aliphatic rings. The predicted octanol–water partition coefficient (Wildman–Crippen LogP) is 3.16. The van der Waals surface area contributed by atoms with Crippen LogP contribution in [0.2, 0.25) is 0 Å². The minimum Gasteiger partial charge on any atom is -0.390 e. The lowest BCUT2D eigenvalue weighted by molar-refractivity contribution is -0.213. The molecule has 0 aliphatic carbocycles. The minimum atomic E-state index is -3.93. The molecule has 1 aromatic carbocycles. The maximum atomic E-state index is 12.5. The highest BCUT2D eigenvalue weighted by molar-refractivity contribution is 7.86. The third-order valence-corrected chi connectivity index (χ3v) is 5.82. The lowest BCUT2D eigenvalue weighted by atomic mass is 9.93. The number of benzene rings is 1. The van der Waals surface area contributed by atoms with E-state index >= 15 is 0 Å². The van der Waals surface area contributed by atoms with Gasteiger partial charge in [0.1, 0.15) is 6.10 Å². The van der Waals surface area contributed by atoms with Gasteiger partial charge in [0.25, 0.3) is 10.1 Å². The van der Waals surface area contributed by atoms with Crippen LogP contribution in [0.4, 0.5) is 0 Å². The number of ether oxygens (including phenoxy) is 2. The third-order valence-electron chi connectivity index (χ3n) is 4.52. The van der Waals surface area contributed by atoms with E-state index in [-0.39, 0.29) is 11.5 Å². The summed E-state index contributed by atoms with van der Waals surface area (Å²) >= 11 is 0. The Morgan fingerprint density at radius 1 is 1.19 bits per heavy atom. The summed E-state index contributed by atoms with van der Waals surface area (Å²) in [7, 11) is -3.93. The summed E-state index contributed by atoms with van der Waals surface area (Å²) in [4.78, 5) is 0.0990. The third kappa shape index (κ3) is 6.32. The van der Waals surface area contributed by atoms with E-state index in [4.69, 9.17) is 13.7 Å². The van der Waals surface area contributed by atoms with E-state index in [9.17, 15) is 13.5 Å². The van der Waals surface area contributed by atoms with Crippen LogP contribution in [0.1, 0.15) is 51.5 Å². The van der Waals surface area contributed by atoms with Gasteiger partial charge in [0.2, 0.25) is 6.29 Å². The van der Waals surface area contributed by atoms with Gasteiger partial charge < -0.3 is 14.6 Å². The largest absolute Gasteiger partial charge is 0.390 e. The molecule has 0 radical (unpaired) electrons. The maximum Gasteiger partial charge on any atom is 0.299 e. The molecule has 1 N–H and O–H groups in total. The Kier molecular flexibility index (Phi) is 7.61. The zero-order valence-corrected chi connectivity index (χ0v) is 16.6. The Morgan fingerprint density at radius 2 is 1.85 bits per heavy atom. The van der Waals surface area contributed by atoms with Gasteiger partial charge in [-0.1, -0.05) is 31.0 Å². The molecule has 0 spiro atoms. The molecule has 0 saturated carbocycles. The van der Waals surface area contributed by atoms with Crippen LogP contribution in [-0.4, -0.2) is 44.7 Å². The van der Waals surface area contributed by atoms with Crippen molar-refractivity contribution in [2.45, 2.75) is 75.8 Å². The van der Waals surface area contributed by atoms with Crippen LogP contribution in [0.15, 0.2) is 29.2 Å². The molecular formula is C19H30O6S. The van der Waals surface area contributed by atoms with Gasteiger partial charge in [-0.3, -0.25) is 0 Å². The molecule has 1 fully saturated rings. The SMILES string of the molecule is CCCC(C)(O)CCCC1OCCOC1OS(=O)(=O)c1ccc(C)cc1. The van der Waals surface area contributed by atoms with E-state index in [1.807, 2.05) is 20.8 Å². The number of hydrogen-bond acceptors (Lipinski definition) is 6. The summed E-state index contributed by atoms with van der Waals surface area (Å²) in [5.74, 6) is 0. The Bertz CT molecular complexity index is 653. The first-order chi connectivity index (χ1) is 12.2. The van der Waals surface area contributed by atoms with E-state index in [0.29, 0.717) is 25.9 Å². The second kappa shape index (κ2) is 9.28. The number of aryl methyl sites for hydroxylation is 1. The fraction of sp³-hybridized carbons (Fsp3) is 0.684. The molecule has 2 rings (SSSR count). The Labute approximate surface area is 156 Å². The number of aliphatic hydroxyl groups is 1. The summed E-state index contributed by atoms with van der Waals surface area (Å²) in [5, 5.41) is 10.3. The molecular weight excluding hydrogens is 356 g/mol. The monoisotopic (exact) mass is 386 g/mol. The highest BCUT2D eigenvalue weighted by Crippen LogP contribution is 2.25. The smallest absolute Gasteiger partial charge is 0.299 e. The van der Waals surface area contributed by atoms with Gasteiger partial charge in [0.15, 0.2) is 0 Å². The van der Waals surface area contributed by atoms with Crippen LogP contribution in [0.25, 0.3) is 0 Å². The Morgan fingerprint density at radius 3 is 2.50 bits per heavy atom. The van der Waals surface area contributed by atoms with Gasteiger partial charge in [-0.05, 0) is 51.7 Å². The van der Waals surface area contributed by atoms with Crippen molar-refractivity contribution in [1.29, 1.82) is 0 Å². The lowest BCUT2D eigenvalue weighted by Crippen LogP contribution is -2.41. The van der Waals surface area contributed by atoms with E-state index in [1.54, 1.807) is 12.1 Å². The average Bonchev–Trinajstić information content (AvgIpc) is 2.56. The molecule has 3 unspecified atom stereocenters. The number of hydrogen-bond donors (Lipinski definition) is 1. The summed E-state index contributed by atoms with van der Waals surface area (Å²) in [5.41, 5.74) is 0.257. The van der Waals surface area contributed by atoms with E-state index < -0.39 is 28.1 Å². The van der Waals surface area contributed by atoms with E-state index in [1.165, 1.54) is 12.1 Å². The molecule has 148 valence electrons. The first-order valence-corrected chi connectivity index (χ1v) is 10.6. The standard InChI is InChI=1S/C19H30O6S/c1-4-11-19(3,20)12-5-6-17-18(24-14-13-23-17)25-26(21,22)16-9-7-15(2)8-10-16/h7-10,17-18,20H,4-6,11-14H2,1-3H3. The molecule has 1 aromatic rings. The van der Waals surface area contributed by atoms with Crippen molar-refractivity contribution < 1.29 is 27.2 Å². The van der Waals surface area contributed by atoms with E-state index in [2.05, 4.69) is 0 Å². The summed E-state index contributed by atoms with van der Waals surface area (Å²) in [6.07, 6.45) is 2.10. The molecule has 6 nitrogen and oxygen atoms in total. The topological polar surface area (TPSA) is 82.1 Å². The molecule has 0 aromatic heterocycles. The van der Waals surface area contributed by atoms with Crippen LogP contribution < -0.4 is 0 Å². The molecule has 1 aliphatic heterocycles. The van der Waals surface area contributed by atoms with Gasteiger partial charge in [-0.2, -0.15) is 8.42 Å². The van der Waals surface area contributed by atoms with Crippen LogP contribution in [0, 0.1) is 6.92 Å². The quantitative estimate of drug-likeness (QED) is 0.657. The molecule has 0 bridgehead atoms. The number of rotatable bonds is 9. The predicted molar refractivity (Wildman–Crippen MR) is 98.3 cm³/mol. The molecule has 26 heavy (non-hydrogen) atoms. The zero-order valence-electron chi connectivity index (χ0n) is 15.8. The normalized spacial score (nSPS) is 23.5. The van der Waals surface area contributed by atoms with Crippen molar-refractivity contribution in [1.82, 2.24) is 0 Å². The fourth-order valence-electron chi connectivity index (χ4n) is 3.09. The van der Waals surface area contributed by atoms with Crippen molar-refractivity contribution >= 4 is 10.1 Å². The summed E-state index contributed by atoms with van der Waals surface area (Å²) in [6, 6.07) is 6.49. The van der Waals surface area contributed by atoms with Gasteiger partial charge in [0, 0.05) is 0 Å². The second-order valence-electron chi connectivity index (χ2n) is 7.15. The van der Waals surface area contributed by atoms with Gasteiger partial charge in [-0.15, -0.1) is 0 Å². The van der Waals surface area contributed by atoms with Gasteiger partial charge in [-0.25, -0.2) is 4.18 Å². The highest BCUT2D eigenvalue weighted by Gasteiger charge is 2.33. The molecule has 1 saturated heterocycles. The van der Waals surface area contributed by atoms with Crippen molar-refractivity contribution in [2.75, 3.05) is 13.2 Å². The zero-order chi connectivity index (χ0) is 19.2. The lowest BCUT2D eigenvalue weighted by Gasteiger charge is -2.32. The summed E-state index contributed by atoms with van der Waals surface area (Å²) in [6.45, 7) is 6.44. The highest BCUT2D eigenvalue weighted by atomic mass is 32.2. The molecule has 0 amide bonds. The van der Waals surface area contributed by atoms with Crippen LogP contribution in [0.5, 0.6) is 0 Å². The van der Waals surface area contributed by atoms with Crippen molar-refractivity contribution in [3.63, 3.8) is 0 Å². The molecule has 1 heterocycles. The van der Waals surface area contributed by atoms with Crippen molar-refractivity contribution in [3.05, 3.63) is 29.8 Å². The molecule has 7 heteroatoms. The first kappa shape index (κ1) is 21.3. The van der Waals surface area contributed by atoms with Crippen molar-refractivity contribution in [3.8, 4) is 0 Å². The molecule has 3 atom stereocenters. The fourth-order valence-corrected chi connectivity index (χ4v) is 4.10. The summed E-state index contributed by atoms with van der Waals surface area (Å²) < 4.78 is 41.4. The van der Waals surface area contributed by atoms with Crippen LogP contribution >= 0.6 is 0 Å². The second-order valence-corrected chi connectivity index (χ2v) is 8.72. The van der Waals surface area contributed by atoms with Crippen molar-refractivity contribution in [2.24, 2.45) is 0 Å². The first-order valence-electron chi connectivity index (χ1n) is 9.19. The minimum absolute atomic E-state index is 0.0990. The van der Waals surface area contributed by atoms with Gasteiger partial charge >= 0.3 is 0 Å². The Balaban J connectivity index is 1.96. The Hall–Kier alpha value is -0.990. The van der Waals surface area contributed by atoms with E-state index in [0.717, 1.165) is 18.4 Å². The maximum absolute atomic E-state index is 12.5. The van der Waals surface area contributed by atoms with Crippen LogP contribution in [0.3, 0.4) is 0 Å².